The lowest BCUT2D eigenvalue weighted by Gasteiger charge is -2.44. The van der Waals surface area contributed by atoms with Gasteiger partial charge in [0.1, 0.15) is 36.6 Å². The Balaban J connectivity index is 2.23. The van der Waals surface area contributed by atoms with Crippen LogP contribution in [0.1, 0.15) is 0 Å². The molecule has 0 aromatic carbocycles. The van der Waals surface area contributed by atoms with Gasteiger partial charge in [-0.3, -0.25) is 0 Å². The van der Waals surface area contributed by atoms with Crippen LogP contribution in [0.3, 0.4) is 0 Å². The average molecular weight is 384 g/mol. The summed E-state index contributed by atoms with van der Waals surface area (Å²) in [6.45, 7) is 0. The van der Waals surface area contributed by atoms with Crippen molar-refractivity contribution in [3.8, 4) is 0 Å². The molecule has 0 aliphatic carbocycles. The average Bonchev–Trinajstić information content (AvgIpc) is 2.58. The number of aliphatic hydroxyl groups excluding tert-OH is 5. The molecule has 2 saturated heterocycles. The number of ether oxygens (including phenoxy) is 4. The first kappa shape index (κ1) is 20.9. The molecule has 2 aliphatic rings. The van der Waals surface area contributed by atoms with E-state index in [2.05, 4.69) is 4.74 Å². The monoisotopic (exact) mass is 384 g/mol. The van der Waals surface area contributed by atoms with E-state index in [1.54, 1.807) is 0 Å². The van der Waals surface area contributed by atoms with E-state index in [-0.39, 0.29) is 0 Å². The lowest BCUT2D eigenvalue weighted by atomic mass is 9.96. The van der Waals surface area contributed by atoms with Crippen LogP contribution in [-0.4, -0.2) is 116 Å². The minimum absolute atomic E-state index is 1.08. The number of carboxylic acids is 2. The predicted molar refractivity (Wildman–Crippen MR) is 74.5 cm³/mol. The van der Waals surface area contributed by atoms with Crippen LogP contribution in [0.15, 0.2) is 0 Å². The van der Waals surface area contributed by atoms with Crippen LogP contribution < -0.4 is 0 Å². The second-order valence-corrected chi connectivity index (χ2v) is 5.81. The number of aliphatic carboxylic acids is 2. The number of aliphatic hydroxyl groups is 5. The van der Waals surface area contributed by atoms with Crippen molar-refractivity contribution >= 4 is 11.9 Å². The molecule has 26 heavy (non-hydrogen) atoms. The Morgan fingerprint density at radius 1 is 0.769 bits per heavy atom. The van der Waals surface area contributed by atoms with Crippen LogP contribution in [-0.2, 0) is 28.5 Å². The third-order valence-corrected chi connectivity index (χ3v) is 4.16. The summed E-state index contributed by atoms with van der Waals surface area (Å²) in [6, 6.07) is 0. The molecule has 4 unspecified atom stereocenters. The third kappa shape index (κ3) is 3.80. The van der Waals surface area contributed by atoms with Gasteiger partial charge in [0, 0.05) is 7.11 Å². The second kappa shape index (κ2) is 8.08. The molecule has 7 N–H and O–H groups in total. The predicted octanol–water partition coefficient (Wildman–Crippen LogP) is -4.56. The maximum absolute atomic E-state index is 11.3. The van der Waals surface area contributed by atoms with Crippen LogP contribution >= 0.6 is 0 Å². The van der Waals surface area contributed by atoms with E-state index >= 15 is 0 Å². The van der Waals surface area contributed by atoms with Gasteiger partial charge < -0.3 is 54.7 Å². The fourth-order valence-corrected chi connectivity index (χ4v) is 2.77. The Bertz CT molecular complexity index is 526. The normalized spacial score (nSPS) is 46.7. The molecule has 0 aromatic rings. The zero-order chi connectivity index (χ0) is 19.8. The minimum Gasteiger partial charge on any atom is -0.479 e. The molecule has 150 valence electrons. The standard InChI is InChI=1S/C13H20O13/c1-23-6-3(15)5(17)13(26-8(6)10(18)19)25-7-2(14)4(16)12(22)24-9(7)11(20)21/h2-9,12-17,22H,1H3,(H,18,19)(H,20,21)/t2-,3-,4?,5?,6+,7+,8?,9?,12-,13-/m1/s1. The van der Waals surface area contributed by atoms with Crippen molar-refractivity contribution in [3.63, 3.8) is 0 Å². The zero-order valence-electron chi connectivity index (χ0n) is 13.4. The molecular formula is C13H20O13. The maximum atomic E-state index is 11.3. The van der Waals surface area contributed by atoms with E-state index in [1.165, 1.54) is 0 Å². The maximum Gasteiger partial charge on any atom is 0.335 e. The summed E-state index contributed by atoms with van der Waals surface area (Å²) in [6.07, 6.45) is -18.5. The van der Waals surface area contributed by atoms with Gasteiger partial charge in [-0.1, -0.05) is 0 Å². The van der Waals surface area contributed by atoms with Gasteiger partial charge in [0.25, 0.3) is 0 Å². The molecule has 2 fully saturated rings. The number of hydrogen-bond donors (Lipinski definition) is 7. The summed E-state index contributed by atoms with van der Waals surface area (Å²) < 4.78 is 19.6. The molecule has 13 nitrogen and oxygen atoms in total. The van der Waals surface area contributed by atoms with Crippen molar-refractivity contribution in [3.05, 3.63) is 0 Å². The van der Waals surface area contributed by atoms with Gasteiger partial charge in [-0.15, -0.1) is 0 Å². The molecule has 0 radical (unpaired) electrons. The van der Waals surface area contributed by atoms with Crippen LogP contribution in [0.4, 0.5) is 0 Å². The highest BCUT2D eigenvalue weighted by molar-refractivity contribution is 5.74. The highest BCUT2D eigenvalue weighted by Gasteiger charge is 2.53. The summed E-state index contributed by atoms with van der Waals surface area (Å²) in [5.41, 5.74) is 0. The Morgan fingerprint density at radius 3 is 1.77 bits per heavy atom. The Hall–Kier alpha value is -1.42. The summed E-state index contributed by atoms with van der Waals surface area (Å²) in [5, 5.41) is 67.3. The minimum atomic E-state index is -2.02. The molecule has 0 bridgehead atoms. The largest absolute Gasteiger partial charge is 0.479 e. The van der Waals surface area contributed by atoms with Gasteiger partial charge in [0.2, 0.25) is 0 Å². The molecule has 0 saturated carbocycles. The number of rotatable bonds is 5. The molecule has 0 aromatic heterocycles. The summed E-state index contributed by atoms with van der Waals surface area (Å²) in [7, 11) is 1.08. The molecule has 2 aliphatic heterocycles. The fraction of sp³-hybridized carbons (Fsp3) is 0.846. The molecule has 10 atom stereocenters. The second-order valence-electron chi connectivity index (χ2n) is 5.81. The van der Waals surface area contributed by atoms with E-state index in [0.717, 1.165) is 7.11 Å². The van der Waals surface area contributed by atoms with Crippen LogP contribution in [0, 0.1) is 0 Å². The smallest absolute Gasteiger partial charge is 0.335 e. The van der Waals surface area contributed by atoms with Crippen LogP contribution in [0.2, 0.25) is 0 Å². The molecule has 0 amide bonds. The van der Waals surface area contributed by atoms with E-state index in [9.17, 15) is 35.1 Å². The topological polar surface area (TPSA) is 213 Å². The first-order valence-corrected chi connectivity index (χ1v) is 7.45. The van der Waals surface area contributed by atoms with E-state index < -0.39 is 73.4 Å². The molecule has 2 heterocycles. The lowest BCUT2D eigenvalue weighted by Crippen LogP contribution is -2.65. The first-order valence-electron chi connectivity index (χ1n) is 7.45. The van der Waals surface area contributed by atoms with Crippen LogP contribution in [0.5, 0.6) is 0 Å². The summed E-state index contributed by atoms with van der Waals surface area (Å²) in [4.78, 5) is 22.5. The Labute approximate surface area is 145 Å². The molecule has 13 heteroatoms. The number of carbonyl (C=O) groups is 2. The Kier molecular flexibility index (Phi) is 6.49. The number of carboxylic acid groups (broad SMARTS) is 2. The van der Waals surface area contributed by atoms with Gasteiger partial charge in [0.05, 0.1) is 0 Å². The quantitative estimate of drug-likeness (QED) is 0.238. The van der Waals surface area contributed by atoms with Gasteiger partial charge in [-0.25, -0.2) is 9.59 Å². The third-order valence-electron chi connectivity index (χ3n) is 4.16. The van der Waals surface area contributed by atoms with Crippen molar-refractivity contribution in [2.75, 3.05) is 7.11 Å². The van der Waals surface area contributed by atoms with Gasteiger partial charge in [-0.2, -0.15) is 0 Å². The SMILES string of the molecule is CO[C@@H]1C(C(=O)O)O[C@@H](O[C@@H]2C(C(=O)O)O[C@@H](O)C(O)[C@H]2O)C(O)[C@H]1O. The number of methoxy groups -OCH3 is 1. The van der Waals surface area contributed by atoms with E-state index in [4.69, 9.17) is 24.4 Å². The first-order chi connectivity index (χ1) is 12.1. The molecule has 2 rings (SSSR count). The van der Waals surface area contributed by atoms with E-state index in [1.807, 2.05) is 0 Å². The van der Waals surface area contributed by atoms with Crippen molar-refractivity contribution in [2.45, 2.75) is 61.4 Å². The van der Waals surface area contributed by atoms with Gasteiger partial charge in [0.15, 0.2) is 24.8 Å². The van der Waals surface area contributed by atoms with Crippen LogP contribution in [0.25, 0.3) is 0 Å². The number of hydrogen-bond acceptors (Lipinski definition) is 11. The van der Waals surface area contributed by atoms with Gasteiger partial charge >= 0.3 is 11.9 Å². The van der Waals surface area contributed by atoms with E-state index in [0.29, 0.717) is 0 Å². The Morgan fingerprint density at radius 2 is 1.27 bits per heavy atom. The zero-order valence-corrected chi connectivity index (χ0v) is 13.4. The van der Waals surface area contributed by atoms with Crippen molar-refractivity contribution in [2.24, 2.45) is 0 Å². The highest BCUT2D eigenvalue weighted by Crippen LogP contribution is 2.29. The van der Waals surface area contributed by atoms with Gasteiger partial charge in [-0.05, 0) is 0 Å². The fourth-order valence-electron chi connectivity index (χ4n) is 2.77. The molecular weight excluding hydrogens is 364 g/mol. The van der Waals surface area contributed by atoms with Crippen molar-refractivity contribution < 1.29 is 64.3 Å². The summed E-state index contributed by atoms with van der Waals surface area (Å²) in [5.74, 6) is -3.22. The summed E-state index contributed by atoms with van der Waals surface area (Å²) >= 11 is 0. The highest BCUT2D eigenvalue weighted by atomic mass is 16.7. The molecule has 0 spiro atoms. The lowest BCUT2D eigenvalue weighted by molar-refractivity contribution is -0.347. The van der Waals surface area contributed by atoms with Crippen molar-refractivity contribution in [1.29, 1.82) is 0 Å². The van der Waals surface area contributed by atoms with Crippen molar-refractivity contribution in [1.82, 2.24) is 0 Å².